The highest BCUT2D eigenvalue weighted by atomic mass is 28.4. The van der Waals surface area contributed by atoms with Crippen LogP contribution in [0.1, 0.15) is 83.9 Å². The predicted octanol–water partition coefficient (Wildman–Crippen LogP) is 9.42. The molecule has 0 spiro atoms. The molecule has 1 aliphatic heterocycles. The fourth-order valence-electron chi connectivity index (χ4n) is 6.69. The Balaban J connectivity index is 1.46. The summed E-state index contributed by atoms with van der Waals surface area (Å²) < 4.78 is 25.8. The average Bonchev–Trinajstić information content (AvgIpc) is 3.76. The third-order valence-electron chi connectivity index (χ3n) is 10.2. The summed E-state index contributed by atoms with van der Waals surface area (Å²) in [5.41, 5.74) is 2.53. The molecule has 1 saturated heterocycles. The number of esters is 1. The van der Waals surface area contributed by atoms with Crippen LogP contribution in [-0.2, 0) is 29.0 Å². The van der Waals surface area contributed by atoms with Crippen LogP contribution in [0.4, 0.5) is 4.79 Å². The van der Waals surface area contributed by atoms with Crippen molar-refractivity contribution in [3.8, 4) is 0 Å². The van der Waals surface area contributed by atoms with Crippen molar-refractivity contribution < 1.29 is 28.2 Å². The van der Waals surface area contributed by atoms with Crippen molar-refractivity contribution >= 4 is 20.4 Å². The van der Waals surface area contributed by atoms with Crippen LogP contribution in [0, 0.1) is 0 Å². The van der Waals surface area contributed by atoms with E-state index in [1.165, 1.54) is 0 Å². The Hall–Kier alpha value is -3.72. The minimum Gasteiger partial charge on any atom is -0.454 e. The molecule has 1 fully saturated rings. The Morgan fingerprint density at radius 1 is 0.820 bits per heavy atom. The van der Waals surface area contributed by atoms with Crippen molar-refractivity contribution in [2.45, 2.75) is 115 Å². The van der Waals surface area contributed by atoms with Gasteiger partial charge in [0.2, 0.25) is 0 Å². The summed E-state index contributed by atoms with van der Waals surface area (Å²) >= 11 is 0. The van der Waals surface area contributed by atoms with Crippen molar-refractivity contribution in [1.82, 2.24) is 4.90 Å². The molecule has 2 aliphatic rings. The van der Waals surface area contributed by atoms with Crippen LogP contribution in [0.2, 0.25) is 18.1 Å². The van der Waals surface area contributed by atoms with Gasteiger partial charge in [-0.1, -0.05) is 118 Å². The Morgan fingerprint density at radius 2 is 1.34 bits per heavy atom. The van der Waals surface area contributed by atoms with Crippen LogP contribution < -0.4 is 0 Å². The zero-order chi connectivity index (χ0) is 36.2. The van der Waals surface area contributed by atoms with Gasteiger partial charge in [-0.25, -0.2) is 9.59 Å². The molecule has 3 aromatic rings. The van der Waals surface area contributed by atoms with Crippen molar-refractivity contribution in [2.24, 2.45) is 0 Å². The van der Waals surface area contributed by atoms with E-state index in [1.807, 2.05) is 75.4 Å². The van der Waals surface area contributed by atoms with Crippen LogP contribution in [0.15, 0.2) is 103 Å². The number of amides is 1. The first kappa shape index (κ1) is 37.5. The highest BCUT2D eigenvalue weighted by Crippen LogP contribution is 2.44. The van der Waals surface area contributed by atoms with Gasteiger partial charge < -0.3 is 23.5 Å². The van der Waals surface area contributed by atoms with Crippen LogP contribution in [-0.4, -0.2) is 62.3 Å². The van der Waals surface area contributed by atoms with Crippen LogP contribution in [0.25, 0.3) is 0 Å². The third-order valence-corrected chi connectivity index (χ3v) is 14.7. The SMILES string of the molecule is CC(C)(C)OC(=O)N1CCC[C@H]1[C@H](OC(=O)CO[Si](C)(C)C(C)(C)C)C1=CC[C@@H](OC(c2ccccc2)(c2ccccc2)c2ccccc2)C1. The second kappa shape index (κ2) is 15.3. The molecule has 0 radical (unpaired) electrons. The molecule has 1 amide bonds. The van der Waals surface area contributed by atoms with Crippen molar-refractivity contribution in [1.29, 1.82) is 0 Å². The van der Waals surface area contributed by atoms with Crippen LogP contribution >= 0.6 is 0 Å². The molecule has 268 valence electrons. The van der Waals surface area contributed by atoms with Crippen LogP contribution in [0.5, 0.6) is 0 Å². The zero-order valence-corrected chi connectivity index (χ0v) is 32.1. The molecule has 3 aromatic carbocycles. The lowest BCUT2D eigenvalue weighted by Crippen LogP contribution is -2.48. The van der Waals surface area contributed by atoms with Crippen molar-refractivity contribution in [3.63, 3.8) is 0 Å². The lowest BCUT2D eigenvalue weighted by atomic mass is 9.79. The topological polar surface area (TPSA) is 74.3 Å². The lowest BCUT2D eigenvalue weighted by molar-refractivity contribution is -0.153. The van der Waals surface area contributed by atoms with E-state index in [-0.39, 0.29) is 29.9 Å². The van der Waals surface area contributed by atoms with Gasteiger partial charge in [-0.05, 0) is 86.9 Å². The maximum atomic E-state index is 13.6. The molecule has 8 heteroatoms. The Morgan fingerprint density at radius 3 is 1.82 bits per heavy atom. The second-order valence-electron chi connectivity index (χ2n) is 16.1. The molecular formula is C42H55NO6Si. The highest BCUT2D eigenvalue weighted by molar-refractivity contribution is 6.74. The summed E-state index contributed by atoms with van der Waals surface area (Å²) in [4.78, 5) is 28.8. The Labute approximate surface area is 300 Å². The fraction of sp³-hybridized carbons (Fsp3) is 0.476. The molecule has 3 atom stereocenters. The van der Waals surface area contributed by atoms with Gasteiger partial charge in [0, 0.05) is 6.54 Å². The fourth-order valence-corrected chi connectivity index (χ4v) is 7.61. The summed E-state index contributed by atoms with van der Waals surface area (Å²) in [5.74, 6) is -0.423. The monoisotopic (exact) mass is 697 g/mol. The summed E-state index contributed by atoms with van der Waals surface area (Å²) in [7, 11) is -2.19. The van der Waals surface area contributed by atoms with Gasteiger partial charge in [-0.3, -0.25) is 0 Å². The number of carbonyl (C=O) groups excluding carboxylic acids is 2. The predicted molar refractivity (Wildman–Crippen MR) is 200 cm³/mol. The molecular weight excluding hydrogens is 643 g/mol. The minimum absolute atomic E-state index is 0.0487. The summed E-state index contributed by atoms with van der Waals surface area (Å²) in [6.07, 6.45) is 3.58. The van der Waals surface area contributed by atoms with Gasteiger partial charge >= 0.3 is 12.1 Å². The molecule has 50 heavy (non-hydrogen) atoms. The highest BCUT2D eigenvalue weighted by Gasteiger charge is 2.45. The number of hydrogen-bond donors (Lipinski definition) is 0. The first-order valence-corrected chi connectivity index (χ1v) is 20.9. The standard InChI is InChI=1S/C42H55NO6Si/c1-40(2,3)49-39(45)43-28-18-25-36(43)38(47-37(44)30-46-50(7,8)41(4,5)6)31-26-27-35(29-31)48-42(32-19-12-9-13-20-32,33-21-14-10-15-22-33)34-23-16-11-17-24-34/h9-17,19-24,26,35-36,38H,18,25,27-30H2,1-8H3/t35-,36+,38-/m1/s1. The van der Waals surface area contributed by atoms with Gasteiger partial charge in [0.05, 0.1) is 12.1 Å². The molecule has 5 rings (SSSR count). The van der Waals surface area contributed by atoms with Gasteiger partial charge in [0.15, 0.2) is 8.32 Å². The van der Waals surface area contributed by atoms with Gasteiger partial charge in [-0.15, -0.1) is 0 Å². The van der Waals surface area contributed by atoms with Gasteiger partial charge in [-0.2, -0.15) is 0 Å². The van der Waals surface area contributed by atoms with E-state index in [4.69, 9.17) is 18.6 Å². The summed E-state index contributed by atoms with van der Waals surface area (Å²) in [6, 6.07) is 30.7. The number of nitrogens with zero attached hydrogens (tertiary/aromatic N) is 1. The van der Waals surface area contributed by atoms with Crippen molar-refractivity contribution in [2.75, 3.05) is 13.2 Å². The molecule has 1 aliphatic carbocycles. The first-order chi connectivity index (χ1) is 23.6. The Kier molecular flexibility index (Phi) is 11.5. The molecule has 0 aromatic heterocycles. The molecule has 0 N–H and O–H groups in total. The second-order valence-corrected chi connectivity index (χ2v) is 20.9. The van der Waals surface area contributed by atoms with E-state index in [2.05, 4.69) is 76.3 Å². The van der Waals surface area contributed by atoms with E-state index < -0.39 is 31.6 Å². The van der Waals surface area contributed by atoms with E-state index >= 15 is 0 Å². The molecule has 0 unspecified atom stereocenters. The smallest absolute Gasteiger partial charge is 0.410 e. The molecule has 0 saturated carbocycles. The number of likely N-dealkylation sites (tertiary alicyclic amines) is 1. The van der Waals surface area contributed by atoms with Crippen LogP contribution in [0.3, 0.4) is 0 Å². The normalized spacial score (nSPS) is 19.2. The van der Waals surface area contributed by atoms with E-state index in [0.717, 1.165) is 28.7 Å². The first-order valence-electron chi connectivity index (χ1n) is 18.0. The lowest BCUT2D eigenvalue weighted by Gasteiger charge is -2.39. The van der Waals surface area contributed by atoms with Crippen molar-refractivity contribution in [3.05, 3.63) is 119 Å². The quantitative estimate of drug-likeness (QED) is 0.0861. The molecule has 0 bridgehead atoms. The van der Waals surface area contributed by atoms with E-state index in [0.29, 0.717) is 25.8 Å². The number of hydrogen-bond acceptors (Lipinski definition) is 6. The molecule has 7 nitrogen and oxygen atoms in total. The third kappa shape index (κ3) is 8.59. The largest absolute Gasteiger partial charge is 0.454 e. The maximum Gasteiger partial charge on any atom is 0.410 e. The minimum atomic E-state index is -2.19. The number of rotatable bonds is 11. The number of ether oxygens (including phenoxy) is 3. The number of benzene rings is 3. The zero-order valence-electron chi connectivity index (χ0n) is 31.1. The Bertz CT molecular complexity index is 1510. The molecule has 1 heterocycles. The summed E-state index contributed by atoms with van der Waals surface area (Å²) in [5, 5.41) is -0.0487. The summed E-state index contributed by atoms with van der Waals surface area (Å²) in [6.45, 7) is 16.7. The van der Waals surface area contributed by atoms with E-state index in [1.54, 1.807) is 4.90 Å². The van der Waals surface area contributed by atoms with E-state index in [9.17, 15) is 9.59 Å². The van der Waals surface area contributed by atoms with Gasteiger partial charge in [0.25, 0.3) is 0 Å². The van der Waals surface area contributed by atoms with Gasteiger partial charge in [0.1, 0.15) is 23.9 Å². The maximum absolute atomic E-state index is 13.6. The number of carbonyl (C=O) groups is 2. The average molecular weight is 698 g/mol.